The molecule has 0 spiro atoms. The summed E-state index contributed by atoms with van der Waals surface area (Å²) in [4.78, 5) is 39.1. The van der Waals surface area contributed by atoms with Crippen LogP contribution in [0.5, 0.6) is 11.5 Å². The minimum absolute atomic E-state index is 0.216. The smallest absolute Gasteiger partial charge is 0.341 e. The molecular weight excluding hydrogens is 566 g/mol. The van der Waals surface area contributed by atoms with E-state index in [1.807, 2.05) is 24.3 Å². The van der Waals surface area contributed by atoms with Crippen LogP contribution in [-0.4, -0.2) is 37.2 Å². The molecule has 0 saturated heterocycles. The number of thiophene rings is 1. The van der Waals surface area contributed by atoms with Crippen molar-refractivity contribution >= 4 is 50.6 Å². The van der Waals surface area contributed by atoms with E-state index in [-0.39, 0.29) is 6.61 Å². The van der Waals surface area contributed by atoms with E-state index in [2.05, 4.69) is 34.0 Å². The Labute approximate surface area is 253 Å². The second-order valence-corrected chi connectivity index (χ2v) is 11.1. The fourth-order valence-corrected chi connectivity index (χ4v) is 6.34. The average Bonchev–Trinajstić information content (AvgIpc) is 3.40. The number of hydrogen-bond donors (Lipinski definition) is 2. The minimum Gasteiger partial charge on any atom is -0.493 e. The third-order valence-electron chi connectivity index (χ3n) is 7.25. The van der Waals surface area contributed by atoms with Crippen molar-refractivity contribution in [3.8, 4) is 11.5 Å². The zero-order valence-electron chi connectivity index (χ0n) is 24.3. The lowest BCUT2D eigenvalue weighted by molar-refractivity contribution is -0.136. The van der Waals surface area contributed by atoms with Gasteiger partial charge in [-0.25, -0.2) is 10.2 Å². The van der Waals surface area contributed by atoms with Crippen molar-refractivity contribution in [2.45, 2.75) is 46.1 Å². The van der Waals surface area contributed by atoms with Crippen LogP contribution in [0.1, 0.15) is 58.6 Å². The first-order valence-corrected chi connectivity index (χ1v) is 15.0. The van der Waals surface area contributed by atoms with Gasteiger partial charge in [-0.3, -0.25) is 9.59 Å². The molecule has 0 unspecified atom stereocenters. The lowest BCUT2D eigenvalue weighted by Crippen LogP contribution is -2.33. The van der Waals surface area contributed by atoms with Crippen LogP contribution in [0.3, 0.4) is 0 Å². The number of carbonyl (C=O) groups excluding carboxylic acids is 3. The van der Waals surface area contributed by atoms with Gasteiger partial charge in [-0.2, -0.15) is 5.10 Å². The summed E-state index contributed by atoms with van der Waals surface area (Å²) in [5, 5.41) is 9.30. The van der Waals surface area contributed by atoms with Gasteiger partial charge >= 0.3 is 17.8 Å². The third kappa shape index (κ3) is 6.70. The minimum atomic E-state index is -0.956. The molecule has 0 fully saturated rings. The molecule has 222 valence electrons. The van der Waals surface area contributed by atoms with Gasteiger partial charge in [-0.05, 0) is 79.6 Å². The fourth-order valence-electron chi connectivity index (χ4n) is 5.07. The van der Waals surface area contributed by atoms with E-state index in [0.29, 0.717) is 39.9 Å². The molecule has 5 rings (SSSR count). The second kappa shape index (κ2) is 13.5. The van der Waals surface area contributed by atoms with Gasteiger partial charge in [0.15, 0.2) is 11.5 Å². The zero-order chi connectivity index (χ0) is 30.3. The normalized spacial score (nSPS) is 12.8. The number of fused-ring (bicyclic) bond motifs is 2. The predicted octanol–water partition coefficient (Wildman–Crippen LogP) is 6.02. The standard InChI is InChI=1S/C33H33N3O6S/c1-4-41-33(39)29-25-14-7-8-15-28(25)43-32(29)34-30(37)31(38)36-35-20(2)22-16-17-26(27(18-22)40-3)42-19-23-12-9-11-21-10-5-6-13-24(21)23/h5-6,9-13,16-18H,4,7-8,14-15,19H2,1-3H3,(H,34,37)(H,36,38). The molecular formula is C33H33N3O6S. The lowest BCUT2D eigenvalue weighted by Gasteiger charge is -2.13. The topological polar surface area (TPSA) is 115 Å². The number of nitrogens with one attached hydrogen (secondary N) is 2. The molecule has 43 heavy (non-hydrogen) atoms. The number of ether oxygens (including phenoxy) is 3. The van der Waals surface area contributed by atoms with Crippen molar-refractivity contribution in [1.29, 1.82) is 0 Å². The molecule has 2 amide bonds. The number of nitrogens with zero attached hydrogens (tertiary/aromatic N) is 1. The fraction of sp³-hybridized carbons (Fsp3) is 0.273. The molecule has 1 aliphatic carbocycles. The van der Waals surface area contributed by atoms with Gasteiger partial charge in [0.1, 0.15) is 11.6 Å². The van der Waals surface area contributed by atoms with Crippen LogP contribution in [0.4, 0.5) is 5.00 Å². The van der Waals surface area contributed by atoms with Crippen LogP contribution in [-0.2, 0) is 33.8 Å². The van der Waals surface area contributed by atoms with E-state index in [1.54, 1.807) is 39.2 Å². The van der Waals surface area contributed by atoms with Crippen molar-refractivity contribution in [2.75, 3.05) is 19.0 Å². The molecule has 1 aliphatic rings. The Morgan fingerprint density at radius 3 is 2.56 bits per heavy atom. The SMILES string of the molecule is CCOC(=O)c1c(NC(=O)C(=O)NN=C(C)c2ccc(OCc3cccc4ccccc34)c(OC)c2)sc2c1CCCC2. The molecule has 2 N–H and O–H groups in total. The summed E-state index contributed by atoms with van der Waals surface area (Å²) in [5.41, 5.74) is 5.74. The van der Waals surface area contributed by atoms with Gasteiger partial charge in [-0.1, -0.05) is 42.5 Å². The first-order chi connectivity index (χ1) is 20.9. The van der Waals surface area contributed by atoms with E-state index in [0.717, 1.165) is 52.5 Å². The van der Waals surface area contributed by atoms with Gasteiger partial charge in [0.25, 0.3) is 0 Å². The van der Waals surface area contributed by atoms with Crippen molar-refractivity contribution < 1.29 is 28.6 Å². The summed E-state index contributed by atoms with van der Waals surface area (Å²) in [6.45, 7) is 4.01. The van der Waals surface area contributed by atoms with Crippen molar-refractivity contribution in [2.24, 2.45) is 5.10 Å². The monoisotopic (exact) mass is 599 g/mol. The number of methoxy groups -OCH3 is 1. The van der Waals surface area contributed by atoms with Gasteiger partial charge in [0, 0.05) is 10.4 Å². The maximum Gasteiger partial charge on any atom is 0.341 e. The molecule has 1 heterocycles. The molecule has 0 saturated carbocycles. The van der Waals surface area contributed by atoms with Gasteiger partial charge in [0.2, 0.25) is 0 Å². The number of benzene rings is 3. The van der Waals surface area contributed by atoms with E-state index in [1.165, 1.54) is 11.3 Å². The highest BCUT2D eigenvalue weighted by Crippen LogP contribution is 2.38. The van der Waals surface area contributed by atoms with Gasteiger partial charge in [-0.15, -0.1) is 11.3 Å². The van der Waals surface area contributed by atoms with Crippen molar-refractivity contribution in [3.63, 3.8) is 0 Å². The maximum atomic E-state index is 12.7. The van der Waals surface area contributed by atoms with E-state index >= 15 is 0 Å². The number of esters is 1. The Morgan fingerprint density at radius 1 is 0.953 bits per heavy atom. The lowest BCUT2D eigenvalue weighted by atomic mass is 9.95. The van der Waals surface area contributed by atoms with E-state index in [4.69, 9.17) is 14.2 Å². The zero-order valence-corrected chi connectivity index (χ0v) is 25.1. The number of hydrazone groups is 1. The number of hydrogen-bond acceptors (Lipinski definition) is 8. The number of aryl methyl sites for hydroxylation is 1. The average molecular weight is 600 g/mol. The third-order valence-corrected chi connectivity index (χ3v) is 8.46. The molecule has 4 aromatic rings. The Bertz CT molecular complexity index is 1710. The molecule has 0 aliphatic heterocycles. The number of amides is 2. The number of anilines is 1. The highest BCUT2D eigenvalue weighted by atomic mass is 32.1. The van der Waals surface area contributed by atoms with Crippen LogP contribution in [0.25, 0.3) is 10.8 Å². The summed E-state index contributed by atoms with van der Waals surface area (Å²) in [7, 11) is 1.55. The largest absolute Gasteiger partial charge is 0.493 e. The van der Waals surface area contributed by atoms with E-state index < -0.39 is 17.8 Å². The maximum absolute atomic E-state index is 12.7. The highest BCUT2D eigenvalue weighted by Gasteiger charge is 2.28. The van der Waals surface area contributed by atoms with Crippen LogP contribution < -0.4 is 20.2 Å². The van der Waals surface area contributed by atoms with Crippen LogP contribution in [0.2, 0.25) is 0 Å². The Kier molecular flexibility index (Phi) is 9.36. The van der Waals surface area contributed by atoms with Crippen LogP contribution >= 0.6 is 11.3 Å². The predicted molar refractivity (Wildman–Crippen MR) is 167 cm³/mol. The summed E-state index contributed by atoms with van der Waals surface area (Å²) in [6.07, 6.45) is 3.54. The van der Waals surface area contributed by atoms with Gasteiger partial charge in [0.05, 0.1) is 25.0 Å². The van der Waals surface area contributed by atoms with Crippen molar-refractivity contribution in [3.05, 3.63) is 87.8 Å². The summed E-state index contributed by atoms with van der Waals surface area (Å²) in [6, 6.07) is 19.6. The Hall–Kier alpha value is -4.70. The molecule has 10 heteroatoms. The molecule has 0 atom stereocenters. The molecule has 0 radical (unpaired) electrons. The molecule has 0 bridgehead atoms. The van der Waals surface area contributed by atoms with Crippen LogP contribution in [0, 0.1) is 0 Å². The second-order valence-electron chi connectivity index (χ2n) is 10.0. The Morgan fingerprint density at radius 2 is 1.74 bits per heavy atom. The summed E-state index contributed by atoms with van der Waals surface area (Å²) in [5.74, 6) is -1.31. The number of carbonyl (C=O) groups is 3. The number of rotatable bonds is 9. The quantitative estimate of drug-likeness (QED) is 0.105. The summed E-state index contributed by atoms with van der Waals surface area (Å²) < 4.78 is 16.9. The van der Waals surface area contributed by atoms with Crippen molar-refractivity contribution in [1.82, 2.24) is 5.43 Å². The first kappa shape index (κ1) is 29.8. The highest BCUT2D eigenvalue weighted by molar-refractivity contribution is 7.17. The molecule has 1 aromatic heterocycles. The van der Waals surface area contributed by atoms with Gasteiger partial charge < -0.3 is 19.5 Å². The first-order valence-electron chi connectivity index (χ1n) is 14.1. The molecule has 3 aromatic carbocycles. The van der Waals surface area contributed by atoms with Crippen LogP contribution in [0.15, 0.2) is 65.8 Å². The summed E-state index contributed by atoms with van der Waals surface area (Å²) >= 11 is 1.32. The van der Waals surface area contributed by atoms with E-state index in [9.17, 15) is 14.4 Å². The Balaban J connectivity index is 1.24. The molecule has 9 nitrogen and oxygen atoms in total.